The fourth-order valence-electron chi connectivity index (χ4n) is 2.75. The van der Waals surface area contributed by atoms with E-state index in [1.54, 1.807) is 4.68 Å². The van der Waals surface area contributed by atoms with E-state index in [2.05, 4.69) is 15.6 Å². The zero-order chi connectivity index (χ0) is 20.3. The van der Waals surface area contributed by atoms with E-state index in [4.69, 9.17) is 9.47 Å². The molecule has 28 heavy (non-hydrogen) atoms. The Bertz CT molecular complexity index is 1010. The van der Waals surface area contributed by atoms with Crippen LogP contribution in [-0.2, 0) is 16.1 Å². The molecule has 0 atom stereocenters. The normalized spacial score (nSPS) is 10.7. The molecule has 2 heterocycles. The Balaban J connectivity index is 1.97. The minimum atomic E-state index is -0.498. The Morgan fingerprint density at radius 1 is 1.18 bits per heavy atom. The van der Waals surface area contributed by atoms with Gasteiger partial charge in [-0.3, -0.25) is 4.79 Å². The van der Waals surface area contributed by atoms with Gasteiger partial charge in [0.05, 0.1) is 25.0 Å². The van der Waals surface area contributed by atoms with Crippen LogP contribution in [0, 0.1) is 13.8 Å². The maximum absolute atomic E-state index is 12.9. The fraction of sp³-hybridized carbons (Fsp3) is 0.263. The lowest BCUT2D eigenvalue weighted by molar-refractivity contribution is 0.0601. The van der Waals surface area contributed by atoms with Gasteiger partial charge >= 0.3 is 5.97 Å². The van der Waals surface area contributed by atoms with Crippen molar-refractivity contribution in [3.63, 3.8) is 0 Å². The quantitative estimate of drug-likeness (QED) is 0.639. The number of hydrogen-bond donors (Lipinski definition) is 1. The number of methoxy groups -OCH3 is 2. The van der Waals surface area contributed by atoms with E-state index in [-0.39, 0.29) is 12.3 Å². The molecule has 3 aromatic rings. The number of hydrogen-bond acceptors (Lipinski definition) is 7. The largest absolute Gasteiger partial charge is 0.465 e. The van der Waals surface area contributed by atoms with E-state index in [0.29, 0.717) is 16.3 Å². The van der Waals surface area contributed by atoms with Crippen LogP contribution in [0.3, 0.4) is 0 Å². The molecule has 0 radical (unpaired) electrons. The second-order valence-electron chi connectivity index (χ2n) is 6.00. The summed E-state index contributed by atoms with van der Waals surface area (Å²) in [6.45, 7) is 3.84. The molecular formula is C19H20N4O4S. The maximum Gasteiger partial charge on any atom is 0.341 e. The van der Waals surface area contributed by atoms with Gasteiger partial charge < -0.3 is 14.8 Å². The van der Waals surface area contributed by atoms with Gasteiger partial charge in [0.1, 0.15) is 10.7 Å². The van der Waals surface area contributed by atoms with Gasteiger partial charge in [-0.15, -0.1) is 16.4 Å². The maximum atomic E-state index is 12.9. The molecule has 0 bridgehead atoms. The number of rotatable bonds is 6. The first-order chi connectivity index (χ1) is 13.5. The zero-order valence-corrected chi connectivity index (χ0v) is 16.8. The van der Waals surface area contributed by atoms with E-state index < -0.39 is 11.9 Å². The molecule has 3 rings (SSSR count). The lowest BCUT2D eigenvalue weighted by Crippen LogP contribution is -2.17. The topological polar surface area (TPSA) is 95.3 Å². The van der Waals surface area contributed by atoms with Crippen LogP contribution in [0.1, 0.15) is 37.0 Å². The predicted octanol–water partition coefficient (Wildman–Crippen LogP) is 3.13. The zero-order valence-electron chi connectivity index (χ0n) is 16.0. The van der Waals surface area contributed by atoms with Gasteiger partial charge in [0.25, 0.3) is 5.91 Å². The number of amides is 1. The molecule has 9 heteroatoms. The van der Waals surface area contributed by atoms with Gasteiger partial charge in [-0.2, -0.15) is 0 Å². The minimum absolute atomic E-state index is 0.130. The number of carbonyl (C=O) groups is 2. The summed E-state index contributed by atoms with van der Waals surface area (Å²) in [6, 6.07) is 9.34. The number of ether oxygens (including phenoxy) is 2. The summed E-state index contributed by atoms with van der Waals surface area (Å²) in [4.78, 5) is 26.0. The van der Waals surface area contributed by atoms with Crippen LogP contribution in [0.15, 0.2) is 30.3 Å². The molecule has 0 aliphatic heterocycles. The molecule has 0 saturated carbocycles. The summed E-state index contributed by atoms with van der Waals surface area (Å²) >= 11 is 1.31. The summed E-state index contributed by atoms with van der Waals surface area (Å²) < 4.78 is 11.6. The van der Waals surface area contributed by atoms with Crippen molar-refractivity contribution in [2.24, 2.45) is 0 Å². The number of benzene rings is 1. The molecule has 1 N–H and O–H groups in total. The molecule has 146 valence electrons. The average Bonchev–Trinajstić information content (AvgIpc) is 3.23. The Morgan fingerprint density at radius 3 is 2.54 bits per heavy atom. The number of carbonyl (C=O) groups excluding carboxylic acids is 2. The third kappa shape index (κ3) is 3.67. The molecule has 8 nitrogen and oxygen atoms in total. The van der Waals surface area contributed by atoms with E-state index in [9.17, 15) is 9.59 Å². The number of aryl methyl sites for hydroxylation is 1. The monoisotopic (exact) mass is 400 g/mol. The highest BCUT2D eigenvalue weighted by Crippen LogP contribution is 2.33. The lowest BCUT2D eigenvalue weighted by Gasteiger charge is -2.08. The first-order valence-electron chi connectivity index (χ1n) is 8.46. The first kappa shape index (κ1) is 19.7. The van der Waals surface area contributed by atoms with Crippen LogP contribution < -0.4 is 5.32 Å². The smallest absolute Gasteiger partial charge is 0.341 e. The molecule has 0 fully saturated rings. The standard InChI is InChI=1S/C19H20N4O4S/c1-11-12(2)28-18(15(11)19(25)27-4)20-17(24)16-14(10-26-3)23(22-21-16)13-8-6-5-7-9-13/h5-9H,10H2,1-4H3,(H,20,24). The van der Waals surface area contributed by atoms with Crippen molar-refractivity contribution in [2.75, 3.05) is 19.5 Å². The highest BCUT2D eigenvalue weighted by molar-refractivity contribution is 7.16. The van der Waals surface area contributed by atoms with Crippen LogP contribution in [0.25, 0.3) is 5.69 Å². The Labute approximate surface area is 166 Å². The van der Waals surface area contributed by atoms with Crippen LogP contribution in [0.4, 0.5) is 5.00 Å². The number of para-hydroxylation sites is 1. The van der Waals surface area contributed by atoms with Crippen molar-refractivity contribution in [3.05, 3.63) is 57.7 Å². The number of nitrogens with one attached hydrogen (secondary N) is 1. The van der Waals surface area contributed by atoms with E-state index in [1.807, 2.05) is 44.2 Å². The van der Waals surface area contributed by atoms with Crippen LogP contribution in [0.2, 0.25) is 0 Å². The van der Waals surface area contributed by atoms with Crippen LogP contribution in [-0.4, -0.2) is 41.1 Å². The van der Waals surface area contributed by atoms with E-state index in [1.165, 1.54) is 25.6 Å². The van der Waals surface area contributed by atoms with Crippen molar-refractivity contribution in [1.82, 2.24) is 15.0 Å². The molecule has 1 amide bonds. The van der Waals surface area contributed by atoms with Crippen LogP contribution in [0.5, 0.6) is 0 Å². The summed E-state index contributed by atoms with van der Waals surface area (Å²) in [7, 11) is 2.84. The molecular weight excluding hydrogens is 380 g/mol. The summed E-state index contributed by atoms with van der Waals surface area (Å²) in [5.74, 6) is -0.970. The van der Waals surface area contributed by atoms with Crippen molar-refractivity contribution in [3.8, 4) is 5.69 Å². The molecule has 2 aromatic heterocycles. The molecule has 0 aliphatic carbocycles. The van der Waals surface area contributed by atoms with E-state index >= 15 is 0 Å². The summed E-state index contributed by atoms with van der Waals surface area (Å²) in [5.41, 5.74) is 2.53. The number of nitrogens with zero attached hydrogens (tertiary/aromatic N) is 3. The average molecular weight is 400 g/mol. The third-order valence-corrected chi connectivity index (χ3v) is 5.38. The summed E-state index contributed by atoms with van der Waals surface area (Å²) in [6.07, 6.45) is 0. The SMILES string of the molecule is COCc1c(C(=O)Nc2sc(C)c(C)c2C(=O)OC)nnn1-c1ccccc1. The van der Waals surface area contributed by atoms with Crippen LogP contribution >= 0.6 is 11.3 Å². The Hall–Kier alpha value is -3.04. The second-order valence-corrected chi connectivity index (χ2v) is 7.22. The molecule has 1 aromatic carbocycles. The Morgan fingerprint density at radius 2 is 1.89 bits per heavy atom. The van der Waals surface area contributed by atoms with Gasteiger partial charge in [-0.05, 0) is 31.5 Å². The van der Waals surface area contributed by atoms with Crippen molar-refractivity contribution < 1.29 is 19.1 Å². The predicted molar refractivity (Wildman–Crippen MR) is 105 cm³/mol. The van der Waals surface area contributed by atoms with Crippen molar-refractivity contribution >= 4 is 28.2 Å². The second kappa shape index (κ2) is 8.32. The van der Waals surface area contributed by atoms with Gasteiger partial charge in [0.2, 0.25) is 0 Å². The van der Waals surface area contributed by atoms with Crippen molar-refractivity contribution in [1.29, 1.82) is 0 Å². The fourth-order valence-corrected chi connectivity index (χ4v) is 3.79. The van der Waals surface area contributed by atoms with Gasteiger partial charge in [0, 0.05) is 12.0 Å². The molecule has 0 aliphatic rings. The summed E-state index contributed by atoms with van der Waals surface area (Å²) in [5, 5.41) is 11.3. The Kier molecular flexibility index (Phi) is 5.86. The van der Waals surface area contributed by atoms with E-state index in [0.717, 1.165) is 16.1 Å². The highest BCUT2D eigenvalue weighted by Gasteiger charge is 2.25. The highest BCUT2D eigenvalue weighted by atomic mass is 32.1. The number of esters is 1. The molecule has 0 saturated heterocycles. The number of aromatic nitrogens is 3. The number of anilines is 1. The molecule has 0 spiro atoms. The van der Waals surface area contributed by atoms with Gasteiger partial charge in [0.15, 0.2) is 5.69 Å². The minimum Gasteiger partial charge on any atom is -0.465 e. The number of thiophene rings is 1. The lowest BCUT2D eigenvalue weighted by atomic mass is 10.1. The van der Waals surface area contributed by atoms with Gasteiger partial charge in [-0.25, -0.2) is 9.48 Å². The third-order valence-electron chi connectivity index (χ3n) is 4.26. The van der Waals surface area contributed by atoms with Gasteiger partial charge in [-0.1, -0.05) is 23.4 Å². The van der Waals surface area contributed by atoms with Crippen molar-refractivity contribution in [2.45, 2.75) is 20.5 Å². The first-order valence-corrected chi connectivity index (χ1v) is 9.28. The molecule has 0 unspecified atom stereocenters.